The molecule has 96 valence electrons. The molecule has 0 spiro atoms. The molecule has 1 aliphatic rings. The lowest BCUT2D eigenvalue weighted by molar-refractivity contribution is -0.137. The number of aryl methyl sites for hydroxylation is 2. The molecular formula is C12H21N3O2. The Bertz CT molecular complexity index is 387. The van der Waals surface area contributed by atoms with E-state index in [1.165, 1.54) is 5.69 Å². The van der Waals surface area contributed by atoms with Crippen molar-refractivity contribution >= 4 is 0 Å². The van der Waals surface area contributed by atoms with Gasteiger partial charge in [0.2, 0.25) is 0 Å². The van der Waals surface area contributed by atoms with Crippen molar-refractivity contribution in [3.63, 3.8) is 0 Å². The first-order valence-corrected chi connectivity index (χ1v) is 5.98. The van der Waals surface area contributed by atoms with Gasteiger partial charge in [-0.2, -0.15) is 5.10 Å². The van der Waals surface area contributed by atoms with Crippen molar-refractivity contribution in [3.8, 4) is 0 Å². The monoisotopic (exact) mass is 239 g/mol. The summed E-state index contributed by atoms with van der Waals surface area (Å²) >= 11 is 0. The molecule has 1 N–H and O–H groups in total. The Morgan fingerprint density at radius 3 is 2.88 bits per heavy atom. The zero-order valence-electron chi connectivity index (χ0n) is 11.0. The van der Waals surface area contributed by atoms with Crippen LogP contribution in [0.15, 0.2) is 6.07 Å². The molecule has 2 heterocycles. The van der Waals surface area contributed by atoms with Crippen LogP contribution in [0.3, 0.4) is 0 Å². The van der Waals surface area contributed by atoms with Gasteiger partial charge in [0, 0.05) is 20.1 Å². The van der Waals surface area contributed by atoms with E-state index >= 15 is 0 Å². The van der Waals surface area contributed by atoms with E-state index in [1.807, 2.05) is 32.5 Å². The van der Waals surface area contributed by atoms with Crippen molar-refractivity contribution in [2.75, 3.05) is 13.2 Å². The fourth-order valence-electron chi connectivity index (χ4n) is 2.05. The van der Waals surface area contributed by atoms with Gasteiger partial charge >= 0.3 is 0 Å². The quantitative estimate of drug-likeness (QED) is 0.850. The molecule has 0 aliphatic carbocycles. The molecule has 1 fully saturated rings. The van der Waals surface area contributed by atoms with Crippen molar-refractivity contribution in [1.29, 1.82) is 0 Å². The molecule has 0 radical (unpaired) electrons. The lowest BCUT2D eigenvalue weighted by Crippen LogP contribution is -2.30. The van der Waals surface area contributed by atoms with Gasteiger partial charge in [0.25, 0.3) is 0 Å². The summed E-state index contributed by atoms with van der Waals surface area (Å²) in [6.07, 6.45) is 0.138. The zero-order valence-corrected chi connectivity index (χ0v) is 11.0. The molecule has 2 rings (SSSR count). The standard InChI is InChI=1S/C12H21N3O2/c1-9-5-10(15(4)14-9)6-13-7-11-8-16-12(2,3)17-11/h5,11,13H,6-8H2,1-4H3. The van der Waals surface area contributed by atoms with Crippen LogP contribution in [0.2, 0.25) is 0 Å². The van der Waals surface area contributed by atoms with E-state index in [2.05, 4.69) is 16.5 Å². The predicted molar refractivity (Wildman–Crippen MR) is 64.6 cm³/mol. The molecule has 1 aliphatic heterocycles. The number of hydrogen-bond acceptors (Lipinski definition) is 4. The molecule has 1 aromatic heterocycles. The summed E-state index contributed by atoms with van der Waals surface area (Å²) in [6.45, 7) is 8.14. The van der Waals surface area contributed by atoms with E-state index in [0.29, 0.717) is 6.61 Å². The second-order valence-corrected chi connectivity index (χ2v) is 4.98. The highest BCUT2D eigenvalue weighted by Crippen LogP contribution is 2.21. The fourth-order valence-corrected chi connectivity index (χ4v) is 2.05. The lowest BCUT2D eigenvalue weighted by atomic mass is 10.3. The Labute approximate surface area is 102 Å². The Kier molecular flexibility index (Phi) is 3.51. The highest BCUT2D eigenvalue weighted by molar-refractivity contribution is 5.08. The van der Waals surface area contributed by atoms with Gasteiger partial charge in [0.15, 0.2) is 5.79 Å². The first kappa shape index (κ1) is 12.5. The van der Waals surface area contributed by atoms with Crippen LogP contribution in [0.1, 0.15) is 25.2 Å². The average Bonchev–Trinajstić information content (AvgIpc) is 2.71. The van der Waals surface area contributed by atoms with E-state index in [9.17, 15) is 0 Å². The second-order valence-electron chi connectivity index (χ2n) is 4.98. The summed E-state index contributed by atoms with van der Waals surface area (Å²) < 4.78 is 13.1. The number of nitrogens with zero attached hydrogens (tertiary/aromatic N) is 2. The third-order valence-corrected chi connectivity index (χ3v) is 2.84. The van der Waals surface area contributed by atoms with Gasteiger partial charge in [-0.25, -0.2) is 0 Å². The van der Waals surface area contributed by atoms with Crippen LogP contribution in [0.5, 0.6) is 0 Å². The maximum atomic E-state index is 5.72. The summed E-state index contributed by atoms with van der Waals surface area (Å²) in [5, 5.41) is 7.68. The average molecular weight is 239 g/mol. The SMILES string of the molecule is Cc1cc(CNCC2COC(C)(C)O2)n(C)n1. The lowest BCUT2D eigenvalue weighted by Gasteiger charge is -2.17. The third kappa shape index (κ3) is 3.28. The maximum absolute atomic E-state index is 5.72. The minimum Gasteiger partial charge on any atom is -0.348 e. The van der Waals surface area contributed by atoms with E-state index < -0.39 is 5.79 Å². The maximum Gasteiger partial charge on any atom is 0.163 e. The first-order valence-electron chi connectivity index (χ1n) is 5.98. The van der Waals surface area contributed by atoms with Crippen LogP contribution in [0, 0.1) is 6.92 Å². The molecule has 1 unspecified atom stereocenters. The van der Waals surface area contributed by atoms with E-state index in [1.54, 1.807) is 0 Å². The number of ether oxygens (including phenoxy) is 2. The van der Waals surface area contributed by atoms with Gasteiger partial charge in [-0.05, 0) is 26.8 Å². The Hall–Kier alpha value is -0.910. The van der Waals surface area contributed by atoms with Crippen LogP contribution in [-0.4, -0.2) is 34.8 Å². The fraction of sp³-hybridized carbons (Fsp3) is 0.750. The molecular weight excluding hydrogens is 218 g/mol. The summed E-state index contributed by atoms with van der Waals surface area (Å²) in [5.74, 6) is -0.435. The molecule has 5 nitrogen and oxygen atoms in total. The summed E-state index contributed by atoms with van der Waals surface area (Å²) in [6, 6.07) is 2.09. The van der Waals surface area contributed by atoms with Crippen LogP contribution in [0.4, 0.5) is 0 Å². The first-order chi connectivity index (χ1) is 7.96. The number of nitrogens with one attached hydrogen (secondary N) is 1. The summed E-state index contributed by atoms with van der Waals surface area (Å²) in [7, 11) is 1.96. The molecule has 1 saturated heterocycles. The van der Waals surface area contributed by atoms with E-state index in [0.717, 1.165) is 18.8 Å². The van der Waals surface area contributed by atoms with Gasteiger partial charge in [-0.1, -0.05) is 0 Å². The van der Waals surface area contributed by atoms with Crippen molar-refractivity contribution in [1.82, 2.24) is 15.1 Å². The van der Waals surface area contributed by atoms with Crippen molar-refractivity contribution in [2.45, 2.75) is 39.2 Å². The number of aromatic nitrogens is 2. The van der Waals surface area contributed by atoms with Crippen LogP contribution < -0.4 is 5.32 Å². The predicted octanol–water partition coefficient (Wildman–Crippen LogP) is 0.970. The summed E-state index contributed by atoms with van der Waals surface area (Å²) in [4.78, 5) is 0. The molecule has 1 atom stereocenters. The second kappa shape index (κ2) is 4.76. The van der Waals surface area contributed by atoms with Crippen molar-refractivity contribution in [3.05, 3.63) is 17.5 Å². The largest absolute Gasteiger partial charge is 0.348 e. The Morgan fingerprint density at radius 1 is 1.59 bits per heavy atom. The van der Waals surface area contributed by atoms with Gasteiger partial charge in [-0.3, -0.25) is 4.68 Å². The molecule has 5 heteroatoms. The van der Waals surface area contributed by atoms with Crippen LogP contribution in [-0.2, 0) is 23.1 Å². The van der Waals surface area contributed by atoms with E-state index in [-0.39, 0.29) is 6.10 Å². The van der Waals surface area contributed by atoms with Gasteiger partial charge in [-0.15, -0.1) is 0 Å². The van der Waals surface area contributed by atoms with Gasteiger partial charge in [0.05, 0.1) is 24.1 Å². The molecule has 0 bridgehead atoms. The van der Waals surface area contributed by atoms with Crippen LogP contribution >= 0.6 is 0 Å². The highest BCUT2D eigenvalue weighted by Gasteiger charge is 2.32. The normalized spacial score (nSPS) is 23.2. The number of rotatable bonds is 4. The molecule has 0 amide bonds. The molecule has 17 heavy (non-hydrogen) atoms. The Balaban J connectivity index is 1.75. The Morgan fingerprint density at radius 2 is 2.35 bits per heavy atom. The molecule has 1 aromatic rings. The van der Waals surface area contributed by atoms with Crippen LogP contribution in [0.25, 0.3) is 0 Å². The third-order valence-electron chi connectivity index (χ3n) is 2.84. The molecule has 0 saturated carbocycles. The zero-order chi connectivity index (χ0) is 12.5. The number of hydrogen-bond donors (Lipinski definition) is 1. The molecule has 0 aromatic carbocycles. The van der Waals surface area contributed by atoms with Gasteiger partial charge in [0.1, 0.15) is 0 Å². The van der Waals surface area contributed by atoms with E-state index in [4.69, 9.17) is 9.47 Å². The minimum absolute atomic E-state index is 0.138. The van der Waals surface area contributed by atoms with Gasteiger partial charge < -0.3 is 14.8 Å². The smallest absolute Gasteiger partial charge is 0.163 e. The van der Waals surface area contributed by atoms with Crippen molar-refractivity contribution < 1.29 is 9.47 Å². The summed E-state index contributed by atoms with van der Waals surface area (Å²) in [5.41, 5.74) is 2.23. The minimum atomic E-state index is -0.435. The highest BCUT2D eigenvalue weighted by atomic mass is 16.7. The van der Waals surface area contributed by atoms with Crippen molar-refractivity contribution in [2.24, 2.45) is 7.05 Å². The topological polar surface area (TPSA) is 48.3 Å².